The van der Waals surface area contributed by atoms with Gasteiger partial charge in [-0.1, -0.05) is 23.2 Å². The van der Waals surface area contributed by atoms with E-state index in [9.17, 15) is 0 Å². The maximum Gasteiger partial charge on any atom is 0.228 e. The Morgan fingerprint density at radius 2 is 1.76 bits per heavy atom. The molecule has 1 aromatic heterocycles. The lowest BCUT2D eigenvalue weighted by Crippen LogP contribution is -2.45. The molecule has 1 aromatic carbocycles. The van der Waals surface area contributed by atoms with Gasteiger partial charge in [-0.2, -0.15) is 4.98 Å². The Hall–Kier alpha value is -1.43. The lowest BCUT2D eigenvalue weighted by molar-refractivity contribution is 0.311. The first-order valence-corrected chi connectivity index (χ1v) is 7.47. The van der Waals surface area contributed by atoms with Gasteiger partial charge >= 0.3 is 0 Å². The first-order chi connectivity index (χ1) is 10.1. The van der Waals surface area contributed by atoms with Gasteiger partial charge in [-0.05, 0) is 25.2 Å². The Kier molecular flexibility index (Phi) is 4.24. The summed E-state index contributed by atoms with van der Waals surface area (Å²) in [6, 6.07) is 5.38. The van der Waals surface area contributed by atoms with E-state index in [-0.39, 0.29) is 0 Å². The topological polar surface area (TPSA) is 45.2 Å². The minimum Gasteiger partial charge on any atom is -0.338 e. The van der Waals surface area contributed by atoms with Crippen LogP contribution in [0.5, 0.6) is 0 Å². The Balaban J connectivity index is 1.87. The molecule has 0 N–H and O–H groups in total. The van der Waals surface area contributed by atoms with Crippen LogP contribution in [0.1, 0.15) is 0 Å². The molecule has 110 valence electrons. The Morgan fingerprint density at radius 1 is 1.00 bits per heavy atom. The summed E-state index contributed by atoms with van der Waals surface area (Å²) in [5, 5.41) is 1.02. The Labute approximate surface area is 133 Å². The van der Waals surface area contributed by atoms with E-state index in [1.165, 1.54) is 0 Å². The minimum absolute atomic E-state index is 0.496. The number of benzene rings is 1. The van der Waals surface area contributed by atoms with Crippen LogP contribution in [-0.2, 0) is 0 Å². The largest absolute Gasteiger partial charge is 0.338 e. The smallest absolute Gasteiger partial charge is 0.228 e. The number of hydrogen-bond donors (Lipinski definition) is 0. The van der Waals surface area contributed by atoms with Gasteiger partial charge in [-0.3, -0.25) is 0 Å². The highest BCUT2D eigenvalue weighted by Crippen LogP contribution is 2.27. The third-order valence-electron chi connectivity index (χ3n) is 3.52. The maximum atomic E-state index is 6.05. The number of piperazine rings is 1. The van der Waals surface area contributed by atoms with Crippen molar-refractivity contribution in [2.45, 2.75) is 0 Å². The number of anilines is 1. The van der Waals surface area contributed by atoms with Gasteiger partial charge < -0.3 is 9.80 Å². The molecular weight excluding hydrogens is 309 g/mol. The molecule has 0 bridgehead atoms. The first-order valence-electron chi connectivity index (χ1n) is 6.71. The Bertz CT molecular complexity index is 641. The molecule has 0 spiro atoms. The van der Waals surface area contributed by atoms with Crippen molar-refractivity contribution in [1.82, 2.24) is 19.9 Å². The molecule has 1 aliphatic heterocycles. The highest BCUT2D eigenvalue weighted by Gasteiger charge is 2.17. The highest BCUT2D eigenvalue weighted by atomic mass is 35.5. The summed E-state index contributed by atoms with van der Waals surface area (Å²) < 4.78 is 0. The van der Waals surface area contributed by atoms with Crippen molar-refractivity contribution in [3.05, 3.63) is 34.6 Å². The monoisotopic (exact) mass is 323 g/mol. The summed E-state index contributed by atoms with van der Waals surface area (Å²) in [7, 11) is 2.12. The van der Waals surface area contributed by atoms with E-state index in [1.807, 2.05) is 6.07 Å². The minimum atomic E-state index is 0.496. The third-order valence-corrected chi connectivity index (χ3v) is 4.26. The van der Waals surface area contributed by atoms with Crippen LogP contribution in [-0.4, -0.2) is 53.1 Å². The zero-order valence-electron chi connectivity index (χ0n) is 11.6. The lowest BCUT2D eigenvalue weighted by Gasteiger charge is -2.32. The predicted molar refractivity (Wildman–Crippen MR) is 85.0 cm³/mol. The van der Waals surface area contributed by atoms with Crippen molar-refractivity contribution in [1.29, 1.82) is 0 Å². The van der Waals surface area contributed by atoms with Crippen molar-refractivity contribution in [2.75, 3.05) is 38.1 Å². The summed E-state index contributed by atoms with van der Waals surface area (Å²) in [5.74, 6) is 1.32. The second kappa shape index (κ2) is 6.13. The van der Waals surface area contributed by atoms with Crippen molar-refractivity contribution < 1.29 is 0 Å². The van der Waals surface area contributed by atoms with Crippen LogP contribution < -0.4 is 4.90 Å². The molecule has 0 atom stereocenters. The van der Waals surface area contributed by atoms with E-state index in [4.69, 9.17) is 23.2 Å². The van der Waals surface area contributed by atoms with E-state index in [0.717, 1.165) is 31.7 Å². The average Bonchev–Trinajstić information content (AvgIpc) is 2.51. The molecule has 7 heteroatoms. The normalized spacial score (nSPS) is 16.2. The number of aromatic nitrogens is 3. The van der Waals surface area contributed by atoms with Crippen molar-refractivity contribution in [2.24, 2.45) is 0 Å². The molecule has 2 aromatic rings. The van der Waals surface area contributed by atoms with Gasteiger partial charge in [0.05, 0.1) is 10.0 Å². The van der Waals surface area contributed by atoms with Crippen LogP contribution in [0, 0.1) is 0 Å². The van der Waals surface area contributed by atoms with Crippen molar-refractivity contribution in [3.8, 4) is 11.4 Å². The highest BCUT2D eigenvalue weighted by molar-refractivity contribution is 6.42. The summed E-state index contributed by atoms with van der Waals surface area (Å²) in [6.45, 7) is 3.85. The van der Waals surface area contributed by atoms with Gasteiger partial charge in [0.15, 0.2) is 5.82 Å². The molecule has 0 radical (unpaired) electrons. The van der Waals surface area contributed by atoms with E-state index in [0.29, 0.717) is 21.8 Å². The van der Waals surface area contributed by atoms with E-state index >= 15 is 0 Å². The molecule has 2 heterocycles. The van der Waals surface area contributed by atoms with Crippen LogP contribution in [0.3, 0.4) is 0 Å². The number of nitrogens with zero attached hydrogens (tertiary/aromatic N) is 5. The summed E-state index contributed by atoms with van der Waals surface area (Å²) in [6.07, 6.45) is 1.54. The van der Waals surface area contributed by atoms with Gasteiger partial charge in [-0.15, -0.1) is 0 Å². The molecule has 0 amide bonds. The van der Waals surface area contributed by atoms with Crippen molar-refractivity contribution in [3.63, 3.8) is 0 Å². The molecule has 1 aliphatic rings. The van der Waals surface area contributed by atoms with Crippen LogP contribution in [0.25, 0.3) is 11.4 Å². The predicted octanol–water partition coefficient (Wildman–Crippen LogP) is 2.60. The average molecular weight is 324 g/mol. The number of rotatable bonds is 2. The molecule has 1 fully saturated rings. The van der Waals surface area contributed by atoms with E-state index in [2.05, 4.69) is 31.8 Å². The lowest BCUT2D eigenvalue weighted by atomic mass is 10.2. The molecule has 0 saturated carbocycles. The molecular formula is C14H15Cl2N5. The van der Waals surface area contributed by atoms with Crippen molar-refractivity contribution >= 4 is 29.2 Å². The molecule has 3 rings (SSSR count). The van der Waals surface area contributed by atoms with Crippen LogP contribution in [0.2, 0.25) is 10.0 Å². The zero-order chi connectivity index (χ0) is 14.8. The van der Waals surface area contributed by atoms with Crippen LogP contribution in [0.4, 0.5) is 5.95 Å². The van der Waals surface area contributed by atoms with E-state index in [1.54, 1.807) is 18.5 Å². The van der Waals surface area contributed by atoms with Crippen LogP contribution >= 0.6 is 23.2 Å². The van der Waals surface area contributed by atoms with E-state index < -0.39 is 0 Å². The summed E-state index contributed by atoms with van der Waals surface area (Å²) in [5.41, 5.74) is 0.835. The second-order valence-corrected chi connectivity index (χ2v) is 5.84. The molecule has 5 nitrogen and oxygen atoms in total. The van der Waals surface area contributed by atoms with Crippen LogP contribution in [0.15, 0.2) is 24.5 Å². The standard InChI is InChI=1S/C14H15Cl2N5/c1-20-4-6-21(7-5-20)14-18-9-17-13(19-14)10-2-3-11(15)12(16)8-10/h2-3,8-9H,4-7H2,1H3. The summed E-state index contributed by atoms with van der Waals surface area (Å²) in [4.78, 5) is 17.5. The number of hydrogen-bond acceptors (Lipinski definition) is 5. The number of likely N-dealkylation sites (N-methyl/N-ethyl adjacent to an activating group) is 1. The second-order valence-electron chi connectivity index (χ2n) is 5.03. The third kappa shape index (κ3) is 3.26. The zero-order valence-corrected chi connectivity index (χ0v) is 13.1. The molecule has 0 unspecified atom stereocenters. The fraction of sp³-hybridized carbons (Fsp3) is 0.357. The number of halogens is 2. The van der Waals surface area contributed by atoms with Gasteiger partial charge in [0.25, 0.3) is 0 Å². The molecule has 0 aliphatic carbocycles. The first kappa shape index (κ1) is 14.5. The molecule has 21 heavy (non-hydrogen) atoms. The van der Waals surface area contributed by atoms with Gasteiger partial charge in [0.2, 0.25) is 5.95 Å². The fourth-order valence-corrected chi connectivity index (χ4v) is 2.52. The Morgan fingerprint density at radius 3 is 2.48 bits per heavy atom. The van der Waals surface area contributed by atoms with Gasteiger partial charge in [-0.25, -0.2) is 9.97 Å². The maximum absolute atomic E-state index is 6.05. The fourth-order valence-electron chi connectivity index (χ4n) is 2.22. The SMILES string of the molecule is CN1CCN(c2ncnc(-c3ccc(Cl)c(Cl)c3)n2)CC1. The molecule has 1 saturated heterocycles. The summed E-state index contributed by atoms with van der Waals surface area (Å²) >= 11 is 12.0. The van der Waals surface area contributed by atoms with Gasteiger partial charge in [0, 0.05) is 31.7 Å². The van der Waals surface area contributed by atoms with Gasteiger partial charge in [0.1, 0.15) is 6.33 Å². The quantitative estimate of drug-likeness (QED) is 0.850.